The first-order valence-corrected chi connectivity index (χ1v) is 7.36. The van der Waals surface area contributed by atoms with E-state index < -0.39 is 10.0 Å². The highest BCUT2D eigenvalue weighted by Crippen LogP contribution is 2.15. The van der Waals surface area contributed by atoms with Crippen LogP contribution in [0.25, 0.3) is 0 Å². The van der Waals surface area contributed by atoms with Gasteiger partial charge in [-0.15, -0.1) is 0 Å². The molecule has 4 nitrogen and oxygen atoms in total. The van der Waals surface area contributed by atoms with Crippen molar-refractivity contribution in [3.63, 3.8) is 0 Å². The lowest BCUT2D eigenvalue weighted by Crippen LogP contribution is -2.48. The van der Waals surface area contributed by atoms with Gasteiger partial charge >= 0.3 is 0 Å². The fraction of sp³-hybridized carbons (Fsp3) is 0.500. The molecular formula is C12H18N2O2S. The molecule has 2 rings (SSSR count). The first kappa shape index (κ1) is 12.5. The van der Waals surface area contributed by atoms with Gasteiger partial charge in [-0.3, -0.25) is 0 Å². The van der Waals surface area contributed by atoms with E-state index in [2.05, 4.69) is 17.0 Å². The van der Waals surface area contributed by atoms with Gasteiger partial charge in [0.05, 0.1) is 4.90 Å². The minimum atomic E-state index is -3.37. The predicted octanol–water partition coefficient (Wildman–Crippen LogP) is 0.963. The summed E-state index contributed by atoms with van der Waals surface area (Å²) < 4.78 is 27.0. The Kier molecular flexibility index (Phi) is 3.81. The van der Waals surface area contributed by atoms with Crippen molar-refractivity contribution in [1.29, 1.82) is 0 Å². The van der Waals surface area contributed by atoms with Gasteiger partial charge in [0, 0.05) is 6.04 Å². The highest BCUT2D eigenvalue weighted by molar-refractivity contribution is 7.89. The van der Waals surface area contributed by atoms with E-state index in [1.54, 1.807) is 24.3 Å². The second-order valence-corrected chi connectivity index (χ2v) is 6.22. The van der Waals surface area contributed by atoms with Gasteiger partial charge in [0.25, 0.3) is 0 Å². The van der Waals surface area contributed by atoms with Crippen LogP contribution in [0.3, 0.4) is 0 Å². The molecule has 5 heteroatoms. The van der Waals surface area contributed by atoms with Crippen LogP contribution in [0.1, 0.15) is 13.3 Å². The van der Waals surface area contributed by atoms with Gasteiger partial charge < -0.3 is 5.32 Å². The van der Waals surface area contributed by atoms with Gasteiger partial charge in [-0.1, -0.05) is 25.1 Å². The molecule has 2 unspecified atom stereocenters. The lowest BCUT2D eigenvalue weighted by Gasteiger charge is -2.29. The first-order chi connectivity index (χ1) is 8.09. The molecule has 17 heavy (non-hydrogen) atoms. The fourth-order valence-electron chi connectivity index (χ4n) is 2.06. The molecular weight excluding hydrogens is 236 g/mol. The summed E-state index contributed by atoms with van der Waals surface area (Å²) in [6, 6.07) is 8.55. The molecule has 1 aliphatic heterocycles. The number of hydrogen-bond donors (Lipinski definition) is 2. The van der Waals surface area contributed by atoms with E-state index in [0.717, 1.165) is 19.5 Å². The Morgan fingerprint density at radius 2 is 2.00 bits per heavy atom. The van der Waals surface area contributed by atoms with Crippen molar-refractivity contribution >= 4 is 10.0 Å². The van der Waals surface area contributed by atoms with Crippen LogP contribution >= 0.6 is 0 Å². The third-order valence-electron chi connectivity index (χ3n) is 3.15. The Morgan fingerprint density at radius 3 is 2.65 bits per heavy atom. The fourth-order valence-corrected chi connectivity index (χ4v) is 3.46. The van der Waals surface area contributed by atoms with Gasteiger partial charge in [0.1, 0.15) is 0 Å². The number of piperidine rings is 1. The molecule has 94 valence electrons. The molecule has 0 saturated carbocycles. The molecule has 0 amide bonds. The molecule has 1 heterocycles. The van der Waals surface area contributed by atoms with E-state index in [9.17, 15) is 8.42 Å². The summed E-state index contributed by atoms with van der Waals surface area (Å²) in [4.78, 5) is 0.339. The molecule has 1 aromatic carbocycles. The molecule has 0 radical (unpaired) electrons. The average molecular weight is 254 g/mol. The monoisotopic (exact) mass is 254 g/mol. The maximum atomic E-state index is 12.1. The highest BCUT2D eigenvalue weighted by Gasteiger charge is 2.26. The second-order valence-electron chi connectivity index (χ2n) is 4.51. The van der Waals surface area contributed by atoms with Gasteiger partial charge in [-0.2, -0.15) is 0 Å². The molecule has 1 saturated heterocycles. The number of rotatable bonds is 3. The minimum Gasteiger partial charge on any atom is -0.316 e. The first-order valence-electron chi connectivity index (χ1n) is 5.88. The summed E-state index contributed by atoms with van der Waals surface area (Å²) in [5.74, 6) is 0.322. The molecule has 2 atom stereocenters. The van der Waals surface area contributed by atoms with E-state index in [1.165, 1.54) is 0 Å². The van der Waals surface area contributed by atoms with Gasteiger partial charge in [-0.05, 0) is 37.6 Å². The zero-order valence-electron chi connectivity index (χ0n) is 9.89. The van der Waals surface area contributed by atoms with Crippen molar-refractivity contribution in [3.05, 3.63) is 30.3 Å². The van der Waals surface area contributed by atoms with Crippen LogP contribution in [0, 0.1) is 5.92 Å². The standard InChI is InChI=1S/C12H18N2O2S/c1-10-9-13-8-7-12(10)14-17(15,16)11-5-3-2-4-6-11/h2-6,10,12-14H,7-9H2,1H3. The summed E-state index contributed by atoms with van der Waals surface area (Å²) in [7, 11) is -3.37. The summed E-state index contributed by atoms with van der Waals surface area (Å²) >= 11 is 0. The van der Waals surface area contributed by atoms with Crippen LogP contribution in [-0.4, -0.2) is 27.5 Å². The van der Waals surface area contributed by atoms with E-state index in [4.69, 9.17) is 0 Å². The van der Waals surface area contributed by atoms with Crippen LogP contribution in [-0.2, 0) is 10.0 Å². The Labute approximate surface area is 102 Å². The Bertz CT molecular complexity index is 459. The van der Waals surface area contributed by atoms with Crippen LogP contribution in [0.5, 0.6) is 0 Å². The van der Waals surface area contributed by atoms with E-state index in [1.807, 2.05) is 6.07 Å². The predicted molar refractivity (Wildman–Crippen MR) is 67.2 cm³/mol. The summed E-state index contributed by atoms with van der Waals surface area (Å²) in [6.45, 7) is 3.79. The van der Waals surface area contributed by atoms with Gasteiger partial charge in [0.15, 0.2) is 0 Å². The van der Waals surface area contributed by atoms with Crippen molar-refractivity contribution in [3.8, 4) is 0 Å². The van der Waals surface area contributed by atoms with E-state index in [0.29, 0.717) is 10.8 Å². The summed E-state index contributed by atoms with van der Waals surface area (Å²) in [5, 5.41) is 3.26. The van der Waals surface area contributed by atoms with Crippen LogP contribution in [0.15, 0.2) is 35.2 Å². The van der Waals surface area contributed by atoms with Crippen molar-refractivity contribution in [2.24, 2.45) is 5.92 Å². The van der Waals surface area contributed by atoms with Gasteiger partial charge in [0.2, 0.25) is 10.0 Å². The molecule has 0 aromatic heterocycles. The Hall–Kier alpha value is -0.910. The van der Waals surface area contributed by atoms with Crippen LogP contribution in [0.4, 0.5) is 0 Å². The SMILES string of the molecule is CC1CNCCC1NS(=O)(=O)c1ccccc1. The molecule has 1 aromatic rings. The highest BCUT2D eigenvalue weighted by atomic mass is 32.2. The third-order valence-corrected chi connectivity index (χ3v) is 4.65. The van der Waals surface area contributed by atoms with Gasteiger partial charge in [-0.25, -0.2) is 13.1 Å². The largest absolute Gasteiger partial charge is 0.316 e. The van der Waals surface area contributed by atoms with Crippen LogP contribution < -0.4 is 10.0 Å². The lowest BCUT2D eigenvalue weighted by molar-refractivity contribution is 0.328. The molecule has 2 N–H and O–H groups in total. The number of benzene rings is 1. The molecule has 1 aliphatic rings. The molecule has 0 aliphatic carbocycles. The maximum Gasteiger partial charge on any atom is 0.240 e. The lowest BCUT2D eigenvalue weighted by atomic mass is 9.97. The summed E-state index contributed by atoms with van der Waals surface area (Å²) in [5.41, 5.74) is 0. The Balaban J connectivity index is 2.12. The van der Waals surface area contributed by atoms with Crippen LogP contribution in [0.2, 0.25) is 0 Å². The third kappa shape index (κ3) is 3.06. The van der Waals surface area contributed by atoms with Crippen molar-refractivity contribution in [2.75, 3.05) is 13.1 Å². The normalized spacial score (nSPS) is 25.7. The number of hydrogen-bond acceptors (Lipinski definition) is 3. The van der Waals surface area contributed by atoms with E-state index in [-0.39, 0.29) is 6.04 Å². The average Bonchev–Trinajstić information content (AvgIpc) is 2.33. The maximum absolute atomic E-state index is 12.1. The zero-order chi connectivity index (χ0) is 12.3. The Morgan fingerprint density at radius 1 is 1.29 bits per heavy atom. The molecule has 0 spiro atoms. The smallest absolute Gasteiger partial charge is 0.240 e. The molecule has 1 fully saturated rings. The van der Waals surface area contributed by atoms with Crippen molar-refractivity contribution in [2.45, 2.75) is 24.3 Å². The number of sulfonamides is 1. The molecule has 0 bridgehead atoms. The second kappa shape index (κ2) is 5.16. The van der Waals surface area contributed by atoms with Crippen molar-refractivity contribution in [1.82, 2.24) is 10.0 Å². The number of nitrogens with one attached hydrogen (secondary N) is 2. The topological polar surface area (TPSA) is 58.2 Å². The van der Waals surface area contributed by atoms with Crippen molar-refractivity contribution < 1.29 is 8.42 Å². The summed E-state index contributed by atoms with van der Waals surface area (Å²) in [6.07, 6.45) is 0.841. The zero-order valence-corrected chi connectivity index (χ0v) is 10.7. The minimum absolute atomic E-state index is 0.0291. The quantitative estimate of drug-likeness (QED) is 0.845. The van der Waals surface area contributed by atoms with E-state index >= 15 is 0 Å².